The molecule has 178 valence electrons. The quantitative estimate of drug-likeness (QED) is 0.489. The Morgan fingerprint density at radius 3 is 2.67 bits per heavy atom. The van der Waals surface area contributed by atoms with Gasteiger partial charge in [0.25, 0.3) is 0 Å². The number of nitrogens with one attached hydrogen (secondary N) is 3. The lowest BCUT2D eigenvalue weighted by molar-refractivity contribution is -0.126. The third kappa shape index (κ3) is 7.63. The fourth-order valence-electron chi connectivity index (χ4n) is 3.60. The van der Waals surface area contributed by atoms with Crippen LogP contribution in [0, 0.1) is 11.6 Å². The van der Waals surface area contributed by atoms with Crippen molar-refractivity contribution in [2.75, 3.05) is 31.5 Å². The topological polar surface area (TPSA) is 108 Å². The second-order valence-electron chi connectivity index (χ2n) is 7.98. The molecular formula is C22H28F2N6O3. The van der Waals surface area contributed by atoms with Crippen molar-refractivity contribution in [1.29, 1.82) is 0 Å². The van der Waals surface area contributed by atoms with Crippen LogP contribution >= 0.6 is 0 Å². The summed E-state index contributed by atoms with van der Waals surface area (Å²) >= 11 is 0. The average Bonchev–Trinajstić information content (AvgIpc) is 3.18. The number of aromatic nitrogens is 2. The molecule has 1 atom stereocenters. The van der Waals surface area contributed by atoms with Gasteiger partial charge in [-0.2, -0.15) is 0 Å². The van der Waals surface area contributed by atoms with Crippen molar-refractivity contribution in [1.82, 2.24) is 25.1 Å². The SMILES string of the molecule is CCC[C@H](NC(=O)Cc1cc(F)cc(F)c1)C(=O)Nc1cn(CCN2CCNC(=O)C2)cn1. The minimum absolute atomic E-state index is 0.00591. The largest absolute Gasteiger partial charge is 0.354 e. The minimum Gasteiger partial charge on any atom is -0.354 e. The number of piperazine rings is 1. The molecule has 11 heteroatoms. The maximum absolute atomic E-state index is 13.3. The summed E-state index contributed by atoms with van der Waals surface area (Å²) in [5, 5.41) is 8.10. The summed E-state index contributed by atoms with van der Waals surface area (Å²) in [6.45, 7) is 4.93. The van der Waals surface area contributed by atoms with E-state index in [-0.39, 0.29) is 17.9 Å². The van der Waals surface area contributed by atoms with Crippen molar-refractivity contribution in [2.45, 2.75) is 38.8 Å². The molecule has 1 aromatic carbocycles. The van der Waals surface area contributed by atoms with Crippen LogP contribution in [0.1, 0.15) is 25.3 Å². The maximum atomic E-state index is 13.3. The number of halogens is 2. The van der Waals surface area contributed by atoms with Crippen LogP contribution in [0.5, 0.6) is 0 Å². The highest BCUT2D eigenvalue weighted by Gasteiger charge is 2.21. The number of benzene rings is 1. The Bertz CT molecular complexity index is 976. The molecule has 0 saturated carbocycles. The second-order valence-corrected chi connectivity index (χ2v) is 7.98. The molecule has 9 nitrogen and oxygen atoms in total. The van der Waals surface area contributed by atoms with Gasteiger partial charge in [0, 0.05) is 38.4 Å². The molecule has 2 heterocycles. The molecule has 1 saturated heterocycles. The number of anilines is 1. The third-order valence-electron chi connectivity index (χ3n) is 5.19. The number of amides is 3. The van der Waals surface area contributed by atoms with Gasteiger partial charge in [0.2, 0.25) is 17.7 Å². The molecule has 3 rings (SSSR count). The fourth-order valence-corrected chi connectivity index (χ4v) is 3.60. The first-order valence-corrected chi connectivity index (χ1v) is 10.9. The smallest absolute Gasteiger partial charge is 0.248 e. The highest BCUT2D eigenvalue weighted by atomic mass is 19.1. The van der Waals surface area contributed by atoms with Crippen molar-refractivity contribution < 1.29 is 23.2 Å². The summed E-state index contributed by atoms with van der Waals surface area (Å²) in [7, 11) is 0. The number of imidazole rings is 1. The number of hydrogen-bond acceptors (Lipinski definition) is 5. The van der Waals surface area contributed by atoms with Gasteiger partial charge >= 0.3 is 0 Å². The first kappa shape index (κ1) is 24.3. The van der Waals surface area contributed by atoms with Gasteiger partial charge in [-0.1, -0.05) is 13.3 Å². The Morgan fingerprint density at radius 2 is 1.97 bits per heavy atom. The molecule has 3 N–H and O–H groups in total. The number of nitrogens with zero attached hydrogens (tertiary/aromatic N) is 3. The molecule has 1 aliphatic heterocycles. The van der Waals surface area contributed by atoms with Crippen molar-refractivity contribution in [3.05, 3.63) is 47.9 Å². The van der Waals surface area contributed by atoms with Crippen molar-refractivity contribution in [2.24, 2.45) is 0 Å². The van der Waals surface area contributed by atoms with Crippen LogP contribution in [0.4, 0.5) is 14.6 Å². The number of rotatable bonds is 10. The highest BCUT2D eigenvalue weighted by Crippen LogP contribution is 2.10. The molecule has 0 aliphatic carbocycles. The molecule has 1 fully saturated rings. The summed E-state index contributed by atoms with van der Waals surface area (Å²) < 4.78 is 28.5. The van der Waals surface area contributed by atoms with E-state index in [1.165, 1.54) is 0 Å². The molecule has 0 radical (unpaired) electrons. The van der Waals surface area contributed by atoms with E-state index in [4.69, 9.17) is 0 Å². The average molecular weight is 463 g/mol. The van der Waals surface area contributed by atoms with Crippen LogP contribution < -0.4 is 16.0 Å². The number of carbonyl (C=O) groups excluding carboxylic acids is 3. The predicted octanol–water partition coefficient (Wildman–Crippen LogP) is 1.06. The molecule has 33 heavy (non-hydrogen) atoms. The Labute approximate surface area is 190 Å². The monoisotopic (exact) mass is 462 g/mol. The van der Waals surface area contributed by atoms with Crippen LogP contribution in [0.25, 0.3) is 0 Å². The van der Waals surface area contributed by atoms with Crippen LogP contribution in [0.3, 0.4) is 0 Å². The molecule has 0 spiro atoms. The molecule has 3 amide bonds. The highest BCUT2D eigenvalue weighted by molar-refractivity contribution is 5.96. The van der Waals surface area contributed by atoms with Crippen LogP contribution in [0.2, 0.25) is 0 Å². The lowest BCUT2D eigenvalue weighted by Gasteiger charge is -2.26. The predicted molar refractivity (Wildman–Crippen MR) is 117 cm³/mol. The molecule has 1 aliphatic rings. The lowest BCUT2D eigenvalue weighted by atomic mass is 10.1. The van der Waals surface area contributed by atoms with E-state index in [9.17, 15) is 23.2 Å². The van der Waals surface area contributed by atoms with E-state index in [1.807, 2.05) is 16.4 Å². The zero-order valence-electron chi connectivity index (χ0n) is 18.4. The van der Waals surface area contributed by atoms with Gasteiger partial charge in [0.15, 0.2) is 5.82 Å². The first-order valence-electron chi connectivity index (χ1n) is 10.9. The van der Waals surface area contributed by atoms with Gasteiger partial charge in [0.05, 0.1) is 19.3 Å². The summed E-state index contributed by atoms with van der Waals surface area (Å²) in [5.74, 6) is -2.11. The van der Waals surface area contributed by atoms with Gasteiger partial charge in [0.1, 0.15) is 17.7 Å². The summed E-state index contributed by atoms with van der Waals surface area (Å²) in [4.78, 5) is 42.7. The van der Waals surface area contributed by atoms with Crippen LogP contribution in [0.15, 0.2) is 30.7 Å². The van der Waals surface area contributed by atoms with E-state index >= 15 is 0 Å². The standard InChI is InChI=1S/C22H28F2N6O3/c1-2-3-18(27-20(31)10-15-8-16(23)11-17(24)9-15)22(33)28-19-12-30(14-26-19)7-6-29-5-4-25-21(32)13-29/h8-9,11-12,14,18H,2-7,10,13H2,1H3,(H,25,32)(H,27,31)(H,28,33)/t18-/m0/s1. The van der Waals surface area contributed by atoms with Gasteiger partial charge in [-0.05, 0) is 24.1 Å². The van der Waals surface area contributed by atoms with Crippen molar-refractivity contribution in [3.63, 3.8) is 0 Å². The van der Waals surface area contributed by atoms with Gasteiger partial charge < -0.3 is 20.5 Å². The molecule has 0 bridgehead atoms. The van der Waals surface area contributed by atoms with E-state index < -0.39 is 29.5 Å². The summed E-state index contributed by atoms with van der Waals surface area (Å²) in [5.41, 5.74) is 0.186. The van der Waals surface area contributed by atoms with Crippen LogP contribution in [-0.4, -0.2) is 64.4 Å². The normalized spacial score (nSPS) is 15.1. The van der Waals surface area contributed by atoms with Gasteiger partial charge in [-0.3, -0.25) is 19.3 Å². The van der Waals surface area contributed by atoms with E-state index in [0.717, 1.165) is 24.7 Å². The second kappa shape index (κ2) is 11.5. The molecule has 0 unspecified atom stereocenters. The van der Waals surface area contributed by atoms with E-state index in [2.05, 4.69) is 20.9 Å². The fraction of sp³-hybridized carbons (Fsp3) is 0.455. The van der Waals surface area contributed by atoms with Crippen LogP contribution in [-0.2, 0) is 27.3 Å². The van der Waals surface area contributed by atoms with Gasteiger partial charge in [-0.25, -0.2) is 13.8 Å². The Morgan fingerprint density at radius 1 is 1.21 bits per heavy atom. The maximum Gasteiger partial charge on any atom is 0.248 e. The van der Waals surface area contributed by atoms with Crippen molar-refractivity contribution >= 4 is 23.5 Å². The minimum atomic E-state index is -0.807. The Kier molecular flexibility index (Phi) is 8.47. The van der Waals surface area contributed by atoms with Crippen molar-refractivity contribution in [3.8, 4) is 0 Å². The first-order chi connectivity index (χ1) is 15.8. The lowest BCUT2D eigenvalue weighted by Crippen LogP contribution is -2.48. The zero-order valence-corrected chi connectivity index (χ0v) is 18.4. The Hall–Kier alpha value is -3.34. The summed E-state index contributed by atoms with van der Waals surface area (Å²) in [6.07, 6.45) is 4.07. The van der Waals surface area contributed by atoms with E-state index in [1.54, 1.807) is 12.5 Å². The van der Waals surface area contributed by atoms with Gasteiger partial charge in [-0.15, -0.1) is 0 Å². The number of carbonyl (C=O) groups is 3. The Balaban J connectivity index is 1.52. The number of hydrogen-bond donors (Lipinski definition) is 3. The zero-order chi connectivity index (χ0) is 23.8. The molecular weight excluding hydrogens is 434 g/mol. The third-order valence-corrected chi connectivity index (χ3v) is 5.19. The van der Waals surface area contributed by atoms with E-state index in [0.29, 0.717) is 44.8 Å². The molecule has 1 aromatic heterocycles. The molecule has 2 aromatic rings. The summed E-state index contributed by atoms with van der Waals surface area (Å²) in [6, 6.07) is 2.09.